The average molecular weight is 366 g/mol. The maximum Gasteiger partial charge on any atom is 0.427 e. The van der Waals surface area contributed by atoms with Crippen molar-refractivity contribution in [1.29, 1.82) is 0 Å². The SMILES string of the molecule is COc1ccc(-c2cn(C(=O)NCCCCc3ccccc3)c(=O)o2)cc1. The minimum atomic E-state index is -0.706. The van der Waals surface area contributed by atoms with E-state index in [1.807, 2.05) is 18.2 Å². The third-order valence-corrected chi connectivity index (χ3v) is 4.24. The number of carbonyl (C=O) groups is 1. The van der Waals surface area contributed by atoms with E-state index in [2.05, 4.69) is 17.4 Å². The zero-order valence-electron chi connectivity index (χ0n) is 15.2. The summed E-state index contributed by atoms with van der Waals surface area (Å²) >= 11 is 0. The molecule has 0 saturated heterocycles. The van der Waals surface area contributed by atoms with Crippen molar-refractivity contribution in [2.24, 2.45) is 0 Å². The summed E-state index contributed by atoms with van der Waals surface area (Å²) in [5.74, 6) is 0.332. The molecule has 0 bridgehead atoms. The first-order valence-electron chi connectivity index (χ1n) is 8.86. The van der Waals surface area contributed by atoms with Gasteiger partial charge < -0.3 is 14.5 Å². The number of rotatable bonds is 7. The van der Waals surface area contributed by atoms with E-state index in [0.29, 0.717) is 23.6 Å². The summed E-state index contributed by atoms with van der Waals surface area (Å²) in [7, 11) is 1.58. The number of nitrogens with zero attached hydrogens (tertiary/aromatic N) is 1. The van der Waals surface area contributed by atoms with Crippen LogP contribution in [0.15, 0.2) is 70.0 Å². The molecule has 0 unspecified atom stereocenters. The van der Waals surface area contributed by atoms with Gasteiger partial charge in [-0.15, -0.1) is 0 Å². The maximum atomic E-state index is 12.2. The number of amides is 1. The quantitative estimate of drug-likeness (QED) is 0.647. The molecule has 1 heterocycles. The zero-order valence-corrected chi connectivity index (χ0v) is 15.2. The Morgan fingerprint density at radius 2 is 1.81 bits per heavy atom. The van der Waals surface area contributed by atoms with Crippen LogP contribution in [0.25, 0.3) is 11.3 Å². The second-order valence-corrected chi connectivity index (χ2v) is 6.13. The molecule has 6 heteroatoms. The second-order valence-electron chi connectivity index (χ2n) is 6.13. The molecule has 2 aromatic carbocycles. The van der Waals surface area contributed by atoms with Crippen LogP contribution >= 0.6 is 0 Å². The number of aryl methyl sites for hydroxylation is 1. The fraction of sp³-hybridized carbons (Fsp3) is 0.238. The lowest BCUT2D eigenvalue weighted by atomic mass is 10.1. The summed E-state index contributed by atoms with van der Waals surface area (Å²) in [4.78, 5) is 24.2. The summed E-state index contributed by atoms with van der Waals surface area (Å²) < 4.78 is 11.2. The first kappa shape index (κ1) is 18.5. The first-order valence-corrected chi connectivity index (χ1v) is 8.86. The van der Waals surface area contributed by atoms with Crippen molar-refractivity contribution in [1.82, 2.24) is 9.88 Å². The minimum Gasteiger partial charge on any atom is -0.497 e. The van der Waals surface area contributed by atoms with Gasteiger partial charge in [-0.05, 0) is 49.1 Å². The van der Waals surface area contributed by atoms with Crippen LogP contribution in [0.5, 0.6) is 5.75 Å². The molecule has 0 atom stereocenters. The van der Waals surface area contributed by atoms with Crippen molar-refractivity contribution in [3.05, 3.63) is 76.9 Å². The number of methoxy groups -OCH3 is 1. The van der Waals surface area contributed by atoms with E-state index < -0.39 is 11.8 Å². The number of nitrogens with one attached hydrogen (secondary N) is 1. The van der Waals surface area contributed by atoms with Gasteiger partial charge in [-0.3, -0.25) is 0 Å². The average Bonchev–Trinajstić information content (AvgIpc) is 3.10. The monoisotopic (exact) mass is 366 g/mol. The molecule has 0 aliphatic rings. The number of unbranched alkanes of at least 4 members (excludes halogenated alkanes) is 1. The Balaban J connectivity index is 1.52. The Morgan fingerprint density at radius 1 is 1.07 bits per heavy atom. The number of oxazole rings is 1. The topological polar surface area (TPSA) is 73.5 Å². The fourth-order valence-electron chi connectivity index (χ4n) is 2.75. The van der Waals surface area contributed by atoms with Gasteiger partial charge in [0, 0.05) is 12.1 Å². The fourth-order valence-corrected chi connectivity index (χ4v) is 2.75. The third-order valence-electron chi connectivity index (χ3n) is 4.24. The molecule has 1 amide bonds. The summed E-state index contributed by atoms with van der Waals surface area (Å²) in [6.07, 6.45) is 4.16. The van der Waals surface area contributed by atoms with E-state index >= 15 is 0 Å². The molecule has 0 aliphatic heterocycles. The molecular formula is C21H22N2O4. The van der Waals surface area contributed by atoms with Gasteiger partial charge in [0.15, 0.2) is 5.76 Å². The number of benzene rings is 2. The highest BCUT2D eigenvalue weighted by molar-refractivity contribution is 5.77. The molecule has 0 fully saturated rings. The minimum absolute atomic E-state index is 0.335. The lowest BCUT2D eigenvalue weighted by Gasteiger charge is -2.04. The van der Waals surface area contributed by atoms with Crippen LogP contribution in [0.1, 0.15) is 18.4 Å². The van der Waals surface area contributed by atoms with E-state index in [9.17, 15) is 9.59 Å². The lowest BCUT2D eigenvalue weighted by molar-refractivity contribution is 0.240. The number of hydrogen-bond acceptors (Lipinski definition) is 4. The summed E-state index contributed by atoms with van der Waals surface area (Å²) in [5, 5.41) is 2.75. The van der Waals surface area contributed by atoms with Crippen LogP contribution in [0, 0.1) is 0 Å². The van der Waals surface area contributed by atoms with Gasteiger partial charge in [0.1, 0.15) is 5.75 Å². The Labute approximate surface area is 157 Å². The van der Waals surface area contributed by atoms with Crippen molar-refractivity contribution in [3.8, 4) is 17.1 Å². The molecule has 0 saturated carbocycles. The van der Waals surface area contributed by atoms with Crippen molar-refractivity contribution in [3.63, 3.8) is 0 Å². The van der Waals surface area contributed by atoms with Crippen LogP contribution in [0.4, 0.5) is 4.79 Å². The molecule has 1 aromatic heterocycles. The number of ether oxygens (including phenoxy) is 1. The number of hydrogen-bond donors (Lipinski definition) is 1. The molecule has 140 valence electrons. The summed E-state index contributed by atoms with van der Waals surface area (Å²) in [6, 6.07) is 16.8. The molecule has 0 spiro atoms. The van der Waals surface area contributed by atoms with Crippen LogP contribution in [0.3, 0.4) is 0 Å². The Morgan fingerprint density at radius 3 is 2.52 bits per heavy atom. The van der Waals surface area contributed by atoms with Gasteiger partial charge in [-0.25, -0.2) is 9.59 Å². The van der Waals surface area contributed by atoms with E-state index in [4.69, 9.17) is 9.15 Å². The normalized spacial score (nSPS) is 10.6. The highest BCUT2D eigenvalue weighted by Gasteiger charge is 2.13. The van der Waals surface area contributed by atoms with Crippen molar-refractivity contribution in [2.45, 2.75) is 19.3 Å². The summed E-state index contributed by atoms with van der Waals surface area (Å²) in [5.41, 5.74) is 1.97. The van der Waals surface area contributed by atoms with Crippen LogP contribution in [0.2, 0.25) is 0 Å². The van der Waals surface area contributed by atoms with Crippen LogP contribution in [-0.2, 0) is 6.42 Å². The van der Waals surface area contributed by atoms with E-state index in [0.717, 1.165) is 23.8 Å². The Hall–Kier alpha value is -3.28. The second kappa shape index (κ2) is 8.89. The highest BCUT2D eigenvalue weighted by Crippen LogP contribution is 2.21. The molecule has 1 N–H and O–H groups in total. The smallest absolute Gasteiger partial charge is 0.427 e. The van der Waals surface area contributed by atoms with Gasteiger partial charge >= 0.3 is 11.8 Å². The standard InChI is InChI=1S/C21H22N2O4/c1-26-18-12-10-17(11-13-18)19-15-23(21(25)27-19)20(24)22-14-6-5-9-16-7-3-2-4-8-16/h2-4,7-8,10-13,15H,5-6,9,14H2,1H3,(H,22,24). The Kier molecular flexibility index (Phi) is 6.10. The molecule has 0 aliphatic carbocycles. The highest BCUT2D eigenvalue weighted by atomic mass is 16.5. The maximum absolute atomic E-state index is 12.2. The zero-order chi connectivity index (χ0) is 19.1. The van der Waals surface area contributed by atoms with Crippen LogP contribution in [-0.4, -0.2) is 24.3 Å². The third kappa shape index (κ3) is 4.88. The molecule has 3 aromatic rings. The van der Waals surface area contributed by atoms with E-state index in [-0.39, 0.29) is 0 Å². The lowest BCUT2D eigenvalue weighted by Crippen LogP contribution is -2.34. The van der Waals surface area contributed by atoms with Gasteiger partial charge in [0.05, 0.1) is 13.3 Å². The van der Waals surface area contributed by atoms with Gasteiger partial charge in [-0.1, -0.05) is 30.3 Å². The Bertz CT molecular complexity index is 927. The van der Waals surface area contributed by atoms with E-state index in [1.165, 1.54) is 11.8 Å². The predicted octanol–water partition coefficient (Wildman–Crippen LogP) is 3.70. The van der Waals surface area contributed by atoms with Crippen LogP contribution < -0.4 is 15.8 Å². The molecule has 3 rings (SSSR count). The van der Waals surface area contributed by atoms with Gasteiger partial charge in [0.25, 0.3) is 0 Å². The van der Waals surface area contributed by atoms with Crippen molar-refractivity contribution < 1.29 is 13.9 Å². The molecule has 27 heavy (non-hydrogen) atoms. The largest absolute Gasteiger partial charge is 0.497 e. The van der Waals surface area contributed by atoms with Gasteiger partial charge in [-0.2, -0.15) is 4.57 Å². The number of carbonyl (C=O) groups excluding carboxylic acids is 1. The molecule has 6 nitrogen and oxygen atoms in total. The molecule has 0 radical (unpaired) electrons. The number of aromatic nitrogens is 1. The first-order chi connectivity index (χ1) is 13.2. The van der Waals surface area contributed by atoms with Gasteiger partial charge in [0.2, 0.25) is 0 Å². The van der Waals surface area contributed by atoms with Crippen molar-refractivity contribution >= 4 is 6.03 Å². The molecular weight excluding hydrogens is 344 g/mol. The predicted molar refractivity (Wildman–Crippen MR) is 103 cm³/mol. The van der Waals surface area contributed by atoms with Crippen molar-refractivity contribution in [2.75, 3.05) is 13.7 Å². The van der Waals surface area contributed by atoms with E-state index in [1.54, 1.807) is 31.4 Å². The summed E-state index contributed by atoms with van der Waals surface area (Å²) in [6.45, 7) is 0.501.